The number of fused-ring (bicyclic) bond motifs is 1. The van der Waals surface area contributed by atoms with Gasteiger partial charge in [0, 0.05) is 38.3 Å². The van der Waals surface area contributed by atoms with Crippen molar-refractivity contribution in [1.82, 2.24) is 30.2 Å². The monoisotopic (exact) mass is 604 g/mol. The molecule has 1 aromatic carbocycles. The molecule has 232 valence electrons. The summed E-state index contributed by atoms with van der Waals surface area (Å²) in [6.07, 6.45) is -4.25. The molecule has 12 nitrogen and oxygen atoms in total. The Kier molecular flexibility index (Phi) is 8.62. The van der Waals surface area contributed by atoms with Crippen LogP contribution in [-0.2, 0) is 20.4 Å². The second kappa shape index (κ2) is 12.2. The number of halogens is 3. The first-order valence-electron chi connectivity index (χ1n) is 14.2. The number of nitrogens with zero attached hydrogens (tertiary/aromatic N) is 6. The number of piperidine rings is 1. The number of imidazole rings is 1. The van der Waals surface area contributed by atoms with E-state index < -0.39 is 23.7 Å². The quantitative estimate of drug-likeness (QED) is 0.436. The Hall–Kier alpha value is -4.14. The summed E-state index contributed by atoms with van der Waals surface area (Å²) in [6.45, 7) is 8.02. The van der Waals surface area contributed by atoms with Crippen molar-refractivity contribution in [3.63, 3.8) is 0 Å². The molecule has 2 aliphatic heterocycles. The Balaban J connectivity index is 1.35. The fourth-order valence-electron chi connectivity index (χ4n) is 5.04. The molecule has 5 rings (SSSR count). The number of aromatic nitrogens is 4. The van der Waals surface area contributed by atoms with E-state index in [9.17, 15) is 22.8 Å². The van der Waals surface area contributed by atoms with E-state index in [0.717, 1.165) is 4.57 Å². The summed E-state index contributed by atoms with van der Waals surface area (Å²) in [7, 11) is 0. The number of morpholine rings is 1. The average molecular weight is 605 g/mol. The van der Waals surface area contributed by atoms with Crippen molar-refractivity contribution in [3.05, 3.63) is 36.2 Å². The zero-order valence-corrected chi connectivity index (χ0v) is 24.3. The van der Waals surface area contributed by atoms with Gasteiger partial charge in [0.1, 0.15) is 23.8 Å². The van der Waals surface area contributed by atoms with E-state index in [1.54, 1.807) is 45.0 Å². The number of carbonyl (C=O) groups excluding carboxylic acids is 2. The standard InChI is InChI=1S/C28H35F3N8O4/c1-27(2,3)43-26(41)32-17-23(40)33-18-8-10-37(11-9-18)21-16-22(38-12-14-42-15-13-38)36-25(35-21)39-20-7-5-4-6-19(20)34-24(39)28(29,30)31/h4-7,16,18H,8-15,17H2,1-3H3,(H,32,41)(H,33,40). The van der Waals surface area contributed by atoms with E-state index in [-0.39, 0.29) is 35.5 Å². The predicted molar refractivity (Wildman–Crippen MR) is 152 cm³/mol. The van der Waals surface area contributed by atoms with Crippen LogP contribution in [0, 0.1) is 0 Å². The van der Waals surface area contributed by atoms with Crippen molar-refractivity contribution in [3.8, 4) is 5.95 Å². The highest BCUT2D eigenvalue weighted by atomic mass is 19.4. The zero-order chi connectivity index (χ0) is 30.8. The van der Waals surface area contributed by atoms with E-state index in [0.29, 0.717) is 63.9 Å². The van der Waals surface area contributed by atoms with Gasteiger partial charge >= 0.3 is 12.3 Å². The van der Waals surface area contributed by atoms with Crippen LogP contribution in [0.15, 0.2) is 30.3 Å². The van der Waals surface area contributed by atoms with E-state index in [1.807, 2.05) is 9.80 Å². The summed E-state index contributed by atoms with van der Waals surface area (Å²) < 4.78 is 54.1. The van der Waals surface area contributed by atoms with Gasteiger partial charge in [-0.2, -0.15) is 23.1 Å². The summed E-state index contributed by atoms with van der Waals surface area (Å²) in [5, 5.41) is 5.37. The molecule has 3 aromatic rings. The van der Waals surface area contributed by atoms with Crippen molar-refractivity contribution in [1.29, 1.82) is 0 Å². The molecule has 2 saturated heterocycles. The second-order valence-electron chi connectivity index (χ2n) is 11.4. The molecule has 0 spiro atoms. The molecular formula is C28H35F3N8O4. The third kappa shape index (κ3) is 7.45. The van der Waals surface area contributed by atoms with Gasteiger partial charge in [-0.1, -0.05) is 12.1 Å². The van der Waals surface area contributed by atoms with Crippen molar-refractivity contribution < 1.29 is 32.2 Å². The molecule has 0 bridgehead atoms. The van der Waals surface area contributed by atoms with E-state index in [1.165, 1.54) is 6.07 Å². The SMILES string of the molecule is CC(C)(C)OC(=O)NCC(=O)NC1CCN(c2cc(N3CCOCC3)nc(-n3c(C(F)(F)F)nc4ccccc43)n2)CC1. The molecule has 43 heavy (non-hydrogen) atoms. The molecule has 0 aliphatic carbocycles. The number of benzene rings is 1. The molecular weight excluding hydrogens is 569 g/mol. The first-order chi connectivity index (χ1) is 20.4. The summed E-state index contributed by atoms with van der Waals surface area (Å²) in [5.74, 6) is -0.578. The minimum atomic E-state index is -4.73. The average Bonchev–Trinajstić information content (AvgIpc) is 3.37. The number of carbonyl (C=O) groups is 2. The molecule has 0 saturated carbocycles. The van der Waals surface area contributed by atoms with E-state index in [4.69, 9.17) is 9.47 Å². The summed E-state index contributed by atoms with van der Waals surface area (Å²) >= 11 is 0. The summed E-state index contributed by atoms with van der Waals surface area (Å²) in [5.41, 5.74) is -0.231. The third-order valence-electron chi connectivity index (χ3n) is 7.01. The molecule has 0 atom stereocenters. The lowest BCUT2D eigenvalue weighted by Crippen LogP contribution is -2.48. The van der Waals surface area contributed by atoms with Gasteiger partial charge in [0.05, 0.1) is 24.2 Å². The Labute approximate surface area is 246 Å². The number of amides is 2. The summed E-state index contributed by atoms with van der Waals surface area (Å²) in [6, 6.07) is 8.01. The minimum absolute atomic E-state index is 0.122. The fourth-order valence-corrected chi connectivity index (χ4v) is 5.04. The van der Waals surface area contributed by atoms with Crippen LogP contribution < -0.4 is 20.4 Å². The van der Waals surface area contributed by atoms with Crippen molar-refractivity contribution in [2.75, 3.05) is 55.7 Å². The third-order valence-corrected chi connectivity index (χ3v) is 7.01. The van der Waals surface area contributed by atoms with Crippen LogP contribution in [0.25, 0.3) is 17.0 Å². The van der Waals surface area contributed by atoms with Gasteiger partial charge < -0.3 is 29.9 Å². The normalized spacial score (nSPS) is 16.8. The first kappa shape index (κ1) is 30.3. The summed E-state index contributed by atoms with van der Waals surface area (Å²) in [4.78, 5) is 41.3. The predicted octanol–water partition coefficient (Wildman–Crippen LogP) is 3.28. The first-order valence-corrected chi connectivity index (χ1v) is 14.2. The Morgan fingerprint density at radius 2 is 1.60 bits per heavy atom. The van der Waals surface area contributed by atoms with Gasteiger partial charge in [-0.3, -0.25) is 9.36 Å². The lowest BCUT2D eigenvalue weighted by atomic mass is 10.0. The molecule has 2 fully saturated rings. The van der Waals surface area contributed by atoms with Crippen LogP contribution in [-0.4, -0.2) is 89.1 Å². The van der Waals surface area contributed by atoms with Crippen LogP contribution in [0.1, 0.15) is 39.4 Å². The molecule has 2 N–H and O–H groups in total. The van der Waals surface area contributed by atoms with Gasteiger partial charge in [-0.25, -0.2) is 9.78 Å². The van der Waals surface area contributed by atoms with Crippen LogP contribution >= 0.6 is 0 Å². The van der Waals surface area contributed by atoms with Crippen LogP contribution in [0.3, 0.4) is 0 Å². The zero-order valence-electron chi connectivity index (χ0n) is 24.3. The van der Waals surface area contributed by atoms with Crippen LogP contribution in [0.2, 0.25) is 0 Å². The number of alkyl halides is 3. The Bertz CT molecular complexity index is 1460. The Morgan fingerprint density at radius 3 is 2.23 bits per heavy atom. The molecule has 2 aromatic heterocycles. The minimum Gasteiger partial charge on any atom is -0.444 e. The highest BCUT2D eigenvalue weighted by Gasteiger charge is 2.39. The van der Waals surface area contributed by atoms with Gasteiger partial charge in [-0.15, -0.1) is 0 Å². The van der Waals surface area contributed by atoms with Crippen molar-refractivity contribution in [2.45, 2.75) is 51.4 Å². The maximum Gasteiger partial charge on any atom is 0.450 e. The van der Waals surface area contributed by atoms with Crippen LogP contribution in [0.4, 0.5) is 29.6 Å². The molecule has 0 radical (unpaired) electrons. The maximum absolute atomic E-state index is 14.2. The van der Waals surface area contributed by atoms with Gasteiger partial charge in [0.15, 0.2) is 0 Å². The number of hydrogen-bond donors (Lipinski definition) is 2. The van der Waals surface area contributed by atoms with Crippen LogP contribution in [0.5, 0.6) is 0 Å². The molecule has 0 unspecified atom stereocenters. The molecule has 15 heteroatoms. The largest absolute Gasteiger partial charge is 0.450 e. The van der Waals surface area contributed by atoms with Crippen molar-refractivity contribution >= 4 is 34.7 Å². The van der Waals surface area contributed by atoms with Gasteiger partial charge in [0.25, 0.3) is 0 Å². The number of hydrogen-bond acceptors (Lipinski definition) is 9. The Morgan fingerprint density at radius 1 is 0.977 bits per heavy atom. The topological polar surface area (TPSA) is 127 Å². The number of ether oxygens (including phenoxy) is 2. The van der Waals surface area contributed by atoms with E-state index >= 15 is 0 Å². The number of rotatable bonds is 6. The molecule has 2 amide bonds. The molecule has 4 heterocycles. The highest BCUT2D eigenvalue weighted by molar-refractivity contribution is 5.82. The number of para-hydroxylation sites is 2. The molecule has 2 aliphatic rings. The number of anilines is 2. The number of alkyl carbamates (subject to hydrolysis) is 1. The smallest absolute Gasteiger partial charge is 0.444 e. The van der Waals surface area contributed by atoms with E-state index in [2.05, 4.69) is 25.6 Å². The van der Waals surface area contributed by atoms with Crippen molar-refractivity contribution in [2.24, 2.45) is 0 Å². The highest BCUT2D eigenvalue weighted by Crippen LogP contribution is 2.34. The van der Waals surface area contributed by atoms with Gasteiger partial charge in [-0.05, 0) is 45.7 Å². The lowest BCUT2D eigenvalue weighted by molar-refractivity contribution is -0.145. The maximum atomic E-state index is 14.2. The fraction of sp³-hybridized carbons (Fsp3) is 0.536. The second-order valence-corrected chi connectivity index (χ2v) is 11.4. The lowest BCUT2D eigenvalue weighted by Gasteiger charge is -2.34. The van der Waals surface area contributed by atoms with Gasteiger partial charge in [0.2, 0.25) is 17.7 Å². The number of nitrogens with one attached hydrogen (secondary N) is 2.